The molecule has 2 aromatic rings. The number of hydrogen-bond donors (Lipinski definition) is 1. The summed E-state index contributed by atoms with van der Waals surface area (Å²) < 4.78 is 10.2. The number of anilines is 2. The molecular weight excluding hydrogens is 356 g/mol. The highest BCUT2D eigenvalue weighted by atomic mass is 35.5. The van der Waals surface area contributed by atoms with E-state index in [-0.39, 0.29) is 18.4 Å². The first kappa shape index (κ1) is 18.2. The Balaban J connectivity index is 1.84. The average Bonchev–Trinajstić information content (AvgIpc) is 3.05. The molecule has 0 spiro atoms. The van der Waals surface area contributed by atoms with E-state index >= 15 is 0 Å². The Hall–Kier alpha value is -2.57. The molecule has 0 aromatic heterocycles. The van der Waals surface area contributed by atoms with Gasteiger partial charge in [0, 0.05) is 30.1 Å². The van der Waals surface area contributed by atoms with Crippen molar-refractivity contribution < 1.29 is 19.1 Å². The van der Waals surface area contributed by atoms with Gasteiger partial charge < -0.3 is 19.7 Å². The van der Waals surface area contributed by atoms with Crippen LogP contribution >= 0.6 is 11.6 Å². The third-order valence-corrected chi connectivity index (χ3v) is 4.45. The Kier molecular flexibility index (Phi) is 5.44. The average molecular weight is 375 g/mol. The number of nitrogens with one attached hydrogen (secondary N) is 1. The van der Waals surface area contributed by atoms with Gasteiger partial charge in [-0.2, -0.15) is 0 Å². The molecule has 136 valence electrons. The number of rotatable bonds is 5. The molecule has 0 bridgehead atoms. The number of halogens is 1. The monoisotopic (exact) mass is 374 g/mol. The Morgan fingerprint density at radius 3 is 2.73 bits per heavy atom. The van der Waals surface area contributed by atoms with Crippen LogP contribution in [0.15, 0.2) is 36.4 Å². The third-order valence-electron chi connectivity index (χ3n) is 4.21. The highest BCUT2D eigenvalue weighted by Crippen LogP contribution is 2.31. The highest BCUT2D eigenvalue weighted by Gasteiger charge is 2.25. The first-order valence-corrected chi connectivity index (χ1v) is 8.48. The molecule has 0 saturated carbocycles. The van der Waals surface area contributed by atoms with Crippen LogP contribution in [0.1, 0.15) is 15.9 Å². The highest BCUT2D eigenvalue weighted by molar-refractivity contribution is 6.31. The molecule has 0 radical (unpaired) electrons. The molecule has 2 aromatic carbocycles. The molecule has 3 rings (SSSR count). The van der Waals surface area contributed by atoms with E-state index < -0.39 is 0 Å². The fraction of sp³-hybridized carbons (Fsp3) is 0.263. The molecule has 1 aliphatic heterocycles. The molecule has 26 heavy (non-hydrogen) atoms. The van der Waals surface area contributed by atoms with Gasteiger partial charge in [0.25, 0.3) is 11.8 Å². The molecule has 7 heteroatoms. The normalized spacial score (nSPS) is 12.7. The summed E-state index contributed by atoms with van der Waals surface area (Å²) in [6.45, 7) is 0.632. The number of fused-ring (bicyclic) bond motifs is 1. The number of hydrogen-bond acceptors (Lipinski definition) is 4. The molecule has 1 aliphatic rings. The van der Waals surface area contributed by atoms with Crippen LogP contribution in [0.25, 0.3) is 0 Å². The number of ether oxygens (including phenoxy) is 2. The van der Waals surface area contributed by atoms with Gasteiger partial charge in [0.15, 0.2) is 0 Å². The molecule has 0 saturated heterocycles. The molecule has 0 fully saturated rings. The SMILES string of the molecule is COCC(=O)N1CCc2ccc(NC(=O)c3cc(Cl)ccc3OC)cc21. The maximum Gasteiger partial charge on any atom is 0.259 e. The number of carbonyl (C=O) groups is 2. The maximum absolute atomic E-state index is 12.6. The molecule has 1 heterocycles. The van der Waals surface area contributed by atoms with Crippen LogP contribution in [0.2, 0.25) is 5.02 Å². The van der Waals surface area contributed by atoms with E-state index in [1.807, 2.05) is 12.1 Å². The van der Waals surface area contributed by atoms with E-state index in [0.717, 1.165) is 17.7 Å². The van der Waals surface area contributed by atoms with E-state index in [4.69, 9.17) is 21.1 Å². The Bertz CT molecular complexity index is 853. The van der Waals surface area contributed by atoms with E-state index in [1.54, 1.807) is 29.2 Å². The molecule has 1 N–H and O–H groups in total. The van der Waals surface area contributed by atoms with Crippen LogP contribution in [0.4, 0.5) is 11.4 Å². The topological polar surface area (TPSA) is 67.9 Å². The number of carbonyl (C=O) groups excluding carboxylic acids is 2. The summed E-state index contributed by atoms with van der Waals surface area (Å²) in [5.41, 5.74) is 2.79. The quantitative estimate of drug-likeness (QED) is 0.873. The standard InChI is InChI=1S/C19H19ClN2O4/c1-25-11-18(23)22-8-7-12-3-5-14(10-16(12)22)21-19(24)15-9-13(20)4-6-17(15)26-2/h3-6,9-10H,7-8,11H2,1-2H3,(H,21,24). The largest absolute Gasteiger partial charge is 0.496 e. The second kappa shape index (κ2) is 7.76. The second-order valence-electron chi connectivity index (χ2n) is 5.87. The molecule has 6 nitrogen and oxygen atoms in total. The van der Waals surface area contributed by atoms with Crippen molar-refractivity contribution in [2.24, 2.45) is 0 Å². The predicted octanol–water partition coefficient (Wildman–Crippen LogP) is 3.14. The number of methoxy groups -OCH3 is 2. The van der Waals surface area contributed by atoms with Gasteiger partial charge in [-0.3, -0.25) is 9.59 Å². The zero-order valence-corrected chi connectivity index (χ0v) is 15.3. The van der Waals surface area contributed by atoms with Gasteiger partial charge in [0.2, 0.25) is 0 Å². The van der Waals surface area contributed by atoms with Crippen molar-refractivity contribution in [3.05, 3.63) is 52.5 Å². The minimum absolute atomic E-state index is 0.0236. The summed E-state index contributed by atoms with van der Waals surface area (Å²) in [5, 5.41) is 3.28. The number of benzene rings is 2. The van der Waals surface area contributed by atoms with Crippen LogP contribution in [-0.2, 0) is 16.0 Å². The number of amides is 2. The molecule has 2 amide bonds. The summed E-state index contributed by atoms with van der Waals surface area (Å²) >= 11 is 5.99. The van der Waals surface area contributed by atoms with Crippen LogP contribution < -0.4 is 15.0 Å². The van der Waals surface area contributed by atoms with Crippen molar-refractivity contribution in [2.45, 2.75) is 6.42 Å². The van der Waals surface area contributed by atoms with Crippen molar-refractivity contribution in [2.75, 3.05) is 37.6 Å². The fourth-order valence-electron chi connectivity index (χ4n) is 2.97. The zero-order chi connectivity index (χ0) is 18.7. The Morgan fingerprint density at radius 1 is 1.19 bits per heavy atom. The zero-order valence-electron chi connectivity index (χ0n) is 14.5. The molecule has 0 unspecified atom stereocenters. The van der Waals surface area contributed by atoms with E-state index in [2.05, 4.69) is 5.32 Å². The smallest absolute Gasteiger partial charge is 0.259 e. The first-order valence-electron chi connectivity index (χ1n) is 8.10. The van der Waals surface area contributed by atoms with Crippen LogP contribution in [0.5, 0.6) is 5.75 Å². The lowest BCUT2D eigenvalue weighted by Crippen LogP contribution is -2.32. The summed E-state index contributed by atoms with van der Waals surface area (Å²) in [6, 6.07) is 10.4. The van der Waals surface area contributed by atoms with Crippen LogP contribution in [0, 0.1) is 0 Å². The van der Waals surface area contributed by atoms with E-state index in [9.17, 15) is 9.59 Å². The number of nitrogens with zero attached hydrogens (tertiary/aromatic N) is 1. The summed E-state index contributed by atoms with van der Waals surface area (Å²) in [6.07, 6.45) is 0.779. The minimum Gasteiger partial charge on any atom is -0.496 e. The second-order valence-corrected chi connectivity index (χ2v) is 6.31. The summed E-state index contributed by atoms with van der Waals surface area (Å²) in [5.74, 6) is -0.00624. The van der Waals surface area contributed by atoms with Gasteiger partial charge >= 0.3 is 0 Å². The lowest BCUT2D eigenvalue weighted by Gasteiger charge is -2.18. The van der Waals surface area contributed by atoms with Crippen molar-refractivity contribution in [3.8, 4) is 5.75 Å². The Labute approximate surface area is 156 Å². The molecular formula is C19H19ClN2O4. The van der Waals surface area contributed by atoms with Gasteiger partial charge in [-0.05, 0) is 42.3 Å². The van der Waals surface area contributed by atoms with Crippen molar-refractivity contribution in [1.29, 1.82) is 0 Å². The van der Waals surface area contributed by atoms with Gasteiger partial charge in [-0.1, -0.05) is 17.7 Å². The van der Waals surface area contributed by atoms with Crippen molar-refractivity contribution in [1.82, 2.24) is 0 Å². The third kappa shape index (κ3) is 3.66. The lowest BCUT2D eigenvalue weighted by molar-refractivity contribution is -0.122. The van der Waals surface area contributed by atoms with Gasteiger partial charge in [0.05, 0.1) is 12.7 Å². The van der Waals surface area contributed by atoms with Crippen molar-refractivity contribution in [3.63, 3.8) is 0 Å². The lowest BCUT2D eigenvalue weighted by atomic mass is 10.1. The van der Waals surface area contributed by atoms with Gasteiger partial charge in [0.1, 0.15) is 12.4 Å². The predicted molar refractivity (Wildman–Crippen MR) is 100 cm³/mol. The van der Waals surface area contributed by atoms with E-state index in [0.29, 0.717) is 28.6 Å². The van der Waals surface area contributed by atoms with Crippen LogP contribution in [-0.4, -0.2) is 39.2 Å². The van der Waals surface area contributed by atoms with E-state index in [1.165, 1.54) is 14.2 Å². The fourth-order valence-corrected chi connectivity index (χ4v) is 3.15. The summed E-state index contributed by atoms with van der Waals surface area (Å²) in [7, 11) is 2.98. The van der Waals surface area contributed by atoms with Gasteiger partial charge in [-0.15, -0.1) is 0 Å². The Morgan fingerprint density at radius 2 is 2.00 bits per heavy atom. The molecule has 0 aliphatic carbocycles. The maximum atomic E-state index is 12.6. The first-order chi connectivity index (χ1) is 12.5. The van der Waals surface area contributed by atoms with Crippen LogP contribution in [0.3, 0.4) is 0 Å². The molecule has 0 atom stereocenters. The summed E-state index contributed by atoms with van der Waals surface area (Å²) in [4.78, 5) is 26.5. The minimum atomic E-state index is -0.336. The van der Waals surface area contributed by atoms with Gasteiger partial charge in [-0.25, -0.2) is 0 Å². The van der Waals surface area contributed by atoms with Crippen molar-refractivity contribution >= 4 is 34.8 Å².